The van der Waals surface area contributed by atoms with Gasteiger partial charge in [-0.3, -0.25) is 4.79 Å². The SMILES string of the molecule is CN(CCOc1ccccc1F)C(=O)CCOc1ccccc1. The molecule has 1 amide bonds. The maximum Gasteiger partial charge on any atom is 0.225 e. The Labute approximate surface area is 135 Å². The highest BCUT2D eigenvalue weighted by molar-refractivity contribution is 5.75. The van der Waals surface area contributed by atoms with Crippen molar-refractivity contribution in [2.75, 3.05) is 26.8 Å². The molecule has 122 valence electrons. The van der Waals surface area contributed by atoms with Gasteiger partial charge in [-0.2, -0.15) is 0 Å². The van der Waals surface area contributed by atoms with Gasteiger partial charge in [0.25, 0.3) is 0 Å². The van der Waals surface area contributed by atoms with E-state index in [0.29, 0.717) is 13.2 Å². The summed E-state index contributed by atoms with van der Waals surface area (Å²) in [4.78, 5) is 13.5. The van der Waals surface area contributed by atoms with Crippen molar-refractivity contribution in [3.63, 3.8) is 0 Å². The van der Waals surface area contributed by atoms with E-state index in [-0.39, 0.29) is 24.7 Å². The number of ether oxygens (including phenoxy) is 2. The van der Waals surface area contributed by atoms with Gasteiger partial charge in [0.2, 0.25) is 5.91 Å². The maximum atomic E-state index is 13.4. The second-order valence-corrected chi connectivity index (χ2v) is 5.01. The summed E-state index contributed by atoms with van der Waals surface area (Å²) in [6, 6.07) is 15.6. The Balaban J connectivity index is 1.66. The van der Waals surface area contributed by atoms with Gasteiger partial charge in [0.15, 0.2) is 11.6 Å². The van der Waals surface area contributed by atoms with Crippen LogP contribution in [0.25, 0.3) is 0 Å². The molecule has 0 heterocycles. The second-order valence-electron chi connectivity index (χ2n) is 5.01. The monoisotopic (exact) mass is 317 g/mol. The van der Waals surface area contributed by atoms with Gasteiger partial charge in [0.05, 0.1) is 19.6 Å². The normalized spacial score (nSPS) is 10.2. The quantitative estimate of drug-likeness (QED) is 0.751. The molecule has 4 nitrogen and oxygen atoms in total. The van der Waals surface area contributed by atoms with Crippen LogP contribution in [0.4, 0.5) is 4.39 Å². The summed E-state index contributed by atoms with van der Waals surface area (Å²) in [7, 11) is 1.69. The molecule has 2 rings (SSSR count). The van der Waals surface area contributed by atoms with Crippen molar-refractivity contribution in [3.8, 4) is 11.5 Å². The fourth-order valence-corrected chi connectivity index (χ4v) is 1.94. The molecule has 0 fully saturated rings. The lowest BCUT2D eigenvalue weighted by atomic mass is 10.3. The number of likely N-dealkylation sites (N-methyl/N-ethyl adjacent to an activating group) is 1. The molecule has 2 aromatic rings. The van der Waals surface area contributed by atoms with Gasteiger partial charge in [0.1, 0.15) is 12.4 Å². The van der Waals surface area contributed by atoms with E-state index >= 15 is 0 Å². The molecule has 23 heavy (non-hydrogen) atoms. The summed E-state index contributed by atoms with van der Waals surface area (Å²) >= 11 is 0. The highest BCUT2D eigenvalue weighted by atomic mass is 19.1. The van der Waals surface area contributed by atoms with Crippen molar-refractivity contribution < 1.29 is 18.7 Å². The van der Waals surface area contributed by atoms with E-state index in [1.165, 1.54) is 6.07 Å². The number of benzene rings is 2. The van der Waals surface area contributed by atoms with Crippen molar-refractivity contribution in [1.82, 2.24) is 4.90 Å². The van der Waals surface area contributed by atoms with E-state index in [2.05, 4.69) is 0 Å². The average molecular weight is 317 g/mol. The molecule has 0 bridgehead atoms. The number of carbonyl (C=O) groups excluding carboxylic acids is 1. The molecule has 0 aromatic heterocycles. The first-order valence-corrected chi connectivity index (χ1v) is 7.46. The van der Waals surface area contributed by atoms with Crippen LogP contribution >= 0.6 is 0 Å². The zero-order valence-corrected chi connectivity index (χ0v) is 13.1. The Morgan fingerprint density at radius 2 is 1.70 bits per heavy atom. The molecule has 0 aliphatic carbocycles. The molecule has 0 saturated heterocycles. The number of hydrogen-bond acceptors (Lipinski definition) is 3. The number of rotatable bonds is 8. The van der Waals surface area contributed by atoms with Gasteiger partial charge in [-0.15, -0.1) is 0 Å². The van der Waals surface area contributed by atoms with Gasteiger partial charge in [-0.1, -0.05) is 30.3 Å². The smallest absolute Gasteiger partial charge is 0.225 e. The van der Waals surface area contributed by atoms with Crippen LogP contribution in [0.2, 0.25) is 0 Å². The van der Waals surface area contributed by atoms with Crippen LogP contribution in [0.3, 0.4) is 0 Å². The fraction of sp³-hybridized carbons (Fsp3) is 0.278. The first kappa shape index (κ1) is 16.8. The van der Waals surface area contributed by atoms with Gasteiger partial charge >= 0.3 is 0 Å². The van der Waals surface area contributed by atoms with Gasteiger partial charge in [-0.25, -0.2) is 4.39 Å². The van der Waals surface area contributed by atoms with Crippen LogP contribution in [0.15, 0.2) is 54.6 Å². The summed E-state index contributed by atoms with van der Waals surface area (Å²) in [6.45, 7) is 0.947. The van der Waals surface area contributed by atoms with E-state index in [0.717, 1.165) is 5.75 Å². The standard InChI is InChI=1S/C18H20FNO3/c1-20(12-14-23-17-10-6-5-9-16(17)19)18(21)11-13-22-15-7-3-2-4-8-15/h2-10H,11-14H2,1H3. The molecular formula is C18H20FNO3. The zero-order chi connectivity index (χ0) is 16.5. The van der Waals surface area contributed by atoms with Gasteiger partial charge in [-0.05, 0) is 24.3 Å². The molecule has 0 unspecified atom stereocenters. The van der Waals surface area contributed by atoms with Gasteiger partial charge < -0.3 is 14.4 Å². The van der Waals surface area contributed by atoms with E-state index in [1.54, 1.807) is 30.1 Å². The number of hydrogen-bond donors (Lipinski definition) is 0. The second kappa shape index (κ2) is 8.78. The molecular weight excluding hydrogens is 297 g/mol. The topological polar surface area (TPSA) is 38.8 Å². The molecule has 0 saturated carbocycles. The van der Waals surface area contributed by atoms with Crippen molar-refractivity contribution >= 4 is 5.91 Å². The summed E-state index contributed by atoms with van der Waals surface area (Å²) in [5, 5.41) is 0. The molecule has 0 spiro atoms. The lowest BCUT2D eigenvalue weighted by Crippen LogP contribution is -2.31. The molecule has 0 atom stereocenters. The van der Waals surface area contributed by atoms with Crippen molar-refractivity contribution in [2.24, 2.45) is 0 Å². The third kappa shape index (κ3) is 5.62. The summed E-state index contributed by atoms with van der Waals surface area (Å²) in [5.74, 6) is 0.488. The highest BCUT2D eigenvalue weighted by Gasteiger charge is 2.09. The zero-order valence-electron chi connectivity index (χ0n) is 13.1. The molecule has 0 N–H and O–H groups in total. The first-order chi connectivity index (χ1) is 11.2. The van der Waals surface area contributed by atoms with Crippen LogP contribution < -0.4 is 9.47 Å². The highest BCUT2D eigenvalue weighted by Crippen LogP contribution is 2.15. The minimum atomic E-state index is -0.405. The Morgan fingerprint density at radius 3 is 2.43 bits per heavy atom. The minimum Gasteiger partial charge on any atom is -0.493 e. The van der Waals surface area contributed by atoms with E-state index in [4.69, 9.17) is 9.47 Å². The minimum absolute atomic E-state index is 0.0435. The van der Waals surface area contributed by atoms with Crippen LogP contribution in [0, 0.1) is 5.82 Å². The van der Waals surface area contributed by atoms with Gasteiger partial charge in [0, 0.05) is 7.05 Å². The number of carbonyl (C=O) groups is 1. The Hall–Kier alpha value is -2.56. The lowest BCUT2D eigenvalue weighted by Gasteiger charge is -2.17. The number of nitrogens with zero attached hydrogens (tertiary/aromatic N) is 1. The third-order valence-corrected chi connectivity index (χ3v) is 3.27. The lowest BCUT2D eigenvalue weighted by molar-refractivity contribution is -0.130. The van der Waals surface area contributed by atoms with Crippen LogP contribution in [0.5, 0.6) is 11.5 Å². The fourth-order valence-electron chi connectivity index (χ4n) is 1.94. The van der Waals surface area contributed by atoms with Crippen LogP contribution in [0.1, 0.15) is 6.42 Å². The third-order valence-electron chi connectivity index (χ3n) is 3.27. The Bertz CT molecular complexity index is 619. The predicted molar refractivity (Wildman–Crippen MR) is 86.1 cm³/mol. The average Bonchev–Trinajstić information content (AvgIpc) is 2.57. The molecule has 0 radical (unpaired) electrons. The summed E-state index contributed by atoms with van der Waals surface area (Å²) < 4.78 is 24.2. The Kier molecular flexibility index (Phi) is 6.41. The van der Waals surface area contributed by atoms with Crippen LogP contribution in [-0.2, 0) is 4.79 Å². The Morgan fingerprint density at radius 1 is 1.00 bits per heavy atom. The molecule has 0 aliphatic heterocycles. The number of amides is 1. The van der Waals surface area contributed by atoms with E-state index in [9.17, 15) is 9.18 Å². The molecule has 0 aliphatic rings. The molecule has 5 heteroatoms. The summed E-state index contributed by atoms with van der Waals surface area (Å²) in [6.07, 6.45) is 0.283. The van der Waals surface area contributed by atoms with E-state index in [1.807, 2.05) is 30.3 Å². The largest absolute Gasteiger partial charge is 0.493 e. The van der Waals surface area contributed by atoms with E-state index < -0.39 is 5.82 Å². The number of halogens is 1. The van der Waals surface area contributed by atoms with Crippen molar-refractivity contribution in [2.45, 2.75) is 6.42 Å². The summed E-state index contributed by atoms with van der Waals surface area (Å²) in [5.41, 5.74) is 0. The van der Waals surface area contributed by atoms with Crippen LogP contribution in [-0.4, -0.2) is 37.6 Å². The molecule has 2 aromatic carbocycles. The maximum absolute atomic E-state index is 13.4. The number of para-hydroxylation sites is 2. The van der Waals surface area contributed by atoms with Crippen molar-refractivity contribution in [3.05, 3.63) is 60.4 Å². The predicted octanol–water partition coefficient (Wildman–Crippen LogP) is 3.13. The first-order valence-electron chi connectivity index (χ1n) is 7.46. The van der Waals surface area contributed by atoms with Crippen molar-refractivity contribution in [1.29, 1.82) is 0 Å².